The fraction of sp³-hybridized carbons (Fsp3) is 0.643. The fourth-order valence-corrected chi connectivity index (χ4v) is 2.12. The topological polar surface area (TPSA) is 67.3 Å². The number of halogens is 1. The summed E-state index contributed by atoms with van der Waals surface area (Å²) in [4.78, 5) is 25.2. The molecule has 7 heteroatoms. The van der Waals surface area contributed by atoms with Crippen LogP contribution in [0.3, 0.4) is 0 Å². The number of piperidine rings is 1. The van der Waals surface area contributed by atoms with Gasteiger partial charge < -0.3 is 10.2 Å². The zero-order chi connectivity index (χ0) is 15.5. The zero-order valence-corrected chi connectivity index (χ0v) is 13.4. The molecule has 2 rings (SSSR count). The molecule has 1 fully saturated rings. The lowest BCUT2D eigenvalue weighted by Crippen LogP contribution is -2.42. The molecule has 6 nitrogen and oxygen atoms in total. The normalized spacial score (nSPS) is 17.5. The average Bonchev–Trinajstić information content (AvgIpc) is 2.40. The third kappa shape index (κ3) is 4.82. The highest BCUT2D eigenvalue weighted by molar-refractivity contribution is 6.28. The summed E-state index contributed by atoms with van der Waals surface area (Å²) in [7, 11) is 0. The molecule has 21 heavy (non-hydrogen) atoms. The van der Waals surface area contributed by atoms with E-state index < -0.39 is 5.41 Å². The van der Waals surface area contributed by atoms with Crippen LogP contribution >= 0.6 is 11.6 Å². The van der Waals surface area contributed by atoms with E-state index >= 15 is 0 Å². The number of carbonyl (C=O) groups is 1. The predicted molar refractivity (Wildman–Crippen MR) is 80.8 cm³/mol. The Balaban J connectivity index is 1.80. The van der Waals surface area contributed by atoms with Crippen molar-refractivity contribution in [3.05, 3.63) is 17.5 Å². The Hall–Kier alpha value is -1.40. The van der Waals surface area contributed by atoms with E-state index in [1.165, 1.54) is 0 Å². The first-order chi connectivity index (χ1) is 9.84. The lowest BCUT2D eigenvalue weighted by atomic mass is 9.98. The highest BCUT2D eigenvalue weighted by Crippen LogP contribution is 2.20. The summed E-state index contributed by atoms with van der Waals surface area (Å²) in [5.74, 6) is 0.525. The summed E-state index contributed by atoms with van der Waals surface area (Å²) in [5, 5.41) is 5.29. The molecule has 1 aromatic rings. The van der Waals surface area contributed by atoms with E-state index in [0.717, 1.165) is 18.7 Å². The first kappa shape index (κ1) is 16.0. The SMILES string of the molecule is CC(C)(C)C(=O)ON1CCC(Nc2ccnc(Cl)n2)CC1. The minimum atomic E-state index is -0.479. The van der Waals surface area contributed by atoms with Crippen LogP contribution in [0.1, 0.15) is 33.6 Å². The quantitative estimate of drug-likeness (QED) is 0.865. The molecule has 0 radical (unpaired) electrons. The maximum atomic E-state index is 11.8. The fourth-order valence-electron chi connectivity index (χ4n) is 1.97. The molecule has 1 aromatic heterocycles. The summed E-state index contributed by atoms with van der Waals surface area (Å²) in [5.41, 5.74) is -0.479. The summed E-state index contributed by atoms with van der Waals surface area (Å²) in [6.07, 6.45) is 3.37. The summed E-state index contributed by atoms with van der Waals surface area (Å²) >= 11 is 5.76. The Kier molecular flexibility index (Phi) is 5.00. The van der Waals surface area contributed by atoms with Crippen molar-refractivity contribution < 1.29 is 9.63 Å². The Bertz CT molecular complexity index is 496. The van der Waals surface area contributed by atoms with Gasteiger partial charge in [-0.15, -0.1) is 5.06 Å². The van der Waals surface area contributed by atoms with Gasteiger partial charge in [0.25, 0.3) is 0 Å². The van der Waals surface area contributed by atoms with Gasteiger partial charge in [0.05, 0.1) is 5.41 Å². The molecule has 0 saturated carbocycles. The van der Waals surface area contributed by atoms with Gasteiger partial charge in [-0.25, -0.2) is 14.8 Å². The average molecular weight is 313 g/mol. The Labute approximate surface area is 129 Å². The van der Waals surface area contributed by atoms with Gasteiger partial charge in [0, 0.05) is 25.3 Å². The number of anilines is 1. The second-order valence-electron chi connectivity index (χ2n) is 6.19. The lowest BCUT2D eigenvalue weighted by Gasteiger charge is -2.32. The minimum Gasteiger partial charge on any atom is -0.367 e. The van der Waals surface area contributed by atoms with Gasteiger partial charge in [0.1, 0.15) is 5.82 Å². The summed E-state index contributed by atoms with van der Waals surface area (Å²) < 4.78 is 0. The zero-order valence-electron chi connectivity index (χ0n) is 12.6. The third-order valence-corrected chi connectivity index (χ3v) is 3.44. The predicted octanol–water partition coefficient (Wildman–Crippen LogP) is 2.51. The Morgan fingerprint density at radius 1 is 1.43 bits per heavy atom. The number of nitrogens with one attached hydrogen (secondary N) is 1. The van der Waals surface area contributed by atoms with E-state index in [0.29, 0.717) is 19.1 Å². The summed E-state index contributed by atoms with van der Waals surface area (Å²) in [6.45, 7) is 6.96. The van der Waals surface area contributed by atoms with Crippen molar-refractivity contribution in [2.75, 3.05) is 18.4 Å². The van der Waals surface area contributed by atoms with Crippen LogP contribution in [-0.4, -0.2) is 40.1 Å². The number of rotatable bonds is 3. The monoisotopic (exact) mass is 312 g/mol. The van der Waals surface area contributed by atoms with Crippen LogP contribution in [0.5, 0.6) is 0 Å². The van der Waals surface area contributed by atoms with E-state index in [2.05, 4.69) is 15.3 Å². The molecule has 1 aliphatic rings. The number of aromatic nitrogens is 2. The Morgan fingerprint density at radius 2 is 2.10 bits per heavy atom. The molecule has 1 N–H and O–H groups in total. The molecule has 0 aliphatic carbocycles. The van der Waals surface area contributed by atoms with Gasteiger partial charge in [0.15, 0.2) is 0 Å². The first-order valence-electron chi connectivity index (χ1n) is 7.07. The maximum Gasteiger partial charge on any atom is 0.330 e. The number of nitrogens with zero attached hydrogens (tertiary/aromatic N) is 3. The second kappa shape index (κ2) is 6.58. The second-order valence-corrected chi connectivity index (χ2v) is 6.53. The molecular weight excluding hydrogens is 292 g/mol. The molecule has 2 heterocycles. The van der Waals surface area contributed by atoms with Crippen molar-refractivity contribution in [2.24, 2.45) is 5.41 Å². The molecule has 0 bridgehead atoms. The van der Waals surface area contributed by atoms with Crippen LogP contribution in [0.15, 0.2) is 12.3 Å². The van der Waals surface area contributed by atoms with Crippen LogP contribution in [-0.2, 0) is 9.63 Å². The molecule has 0 aromatic carbocycles. The van der Waals surface area contributed by atoms with Crippen molar-refractivity contribution in [1.82, 2.24) is 15.0 Å². The van der Waals surface area contributed by atoms with Crippen molar-refractivity contribution in [1.29, 1.82) is 0 Å². The Morgan fingerprint density at radius 3 is 2.67 bits per heavy atom. The number of carbonyl (C=O) groups excluding carboxylic acids is 1. The van der Waals surface area contributed by atoms with E-state index in [1.807, 2.05) is 20.8 Å². The van der Waals surface area contributed by atoms with Crippen LogP contribution in [0, 0.1) is 5.41 Å². The molecule has 1 aliphatic heterocycles. The smallest absolute Gasteiger partial charge is 0.330 e. The van der Waals surface area contributed by atoms with E-state index in [4.69, 9.17) is 16.4 Å². The van der Waals surface area contributed by atoms with Gasteiger partial charge >= 0.3 is 5.97 Å². The summed E-state index contributed by atoms with van der Waals surface area (Å²) in [6, 6.07) is 2.08. The van der Waals surface area contributed by atoms with Crippen LogP contribution in [0.25, 0.3) is 0 Å². The van der Waals surface area contributed by atoms with Gasteiger partial charge in [-0.3, -0.25) is 0 Å². The molecule has 0 spiro atoms. The van der Waals surface area contributed by atoms with E-state index in [9.17, 15) is 4.79 Å². The molecule has 0 atom stereocenters. The van der Waals surface area contributed by atoms with Crippen molar-refractivity contribution >= 4 is 23.4 Å². The third-order valence-electron chi connectivity index (χ3n) is 3.26. The van der Waals surface area contributed by atoms with Crippen LogP contribution in [0.4, 0.5) is 5.82 Å². The molecule has 0 unspecified atom stereocenters. The number of hydrogen-bond donors (Lipinski definition) is 1. The van der Waals surface area contributed by atoms with Gasteiger partial charge in [-0.2, -0.15) is 0 Å². The standard InChI is InChI=1S/C14H21ClN4O2/c1-14(2,3)12(20)21-19-8-5-10(6-9-19)17-11-4-7-16-13(15)18-11/h4,7,10H,5-6,8-9H2,1-3H3,(H,16,17,18). The van der Waals surface area contributed by atoms with Crippen molar-refractivity contribution in [3.8, 4) is 0 Å². The van der Waals surface area contributed by atoms with Gasteiger partial charge in [-0.05, 0) is 51.3 Å². The van der Waals surface area contributed by atoms with Crippen molar-refractivity contribution in [3.63, 3.8) is 0 Å². The molecule has 116 valence electrons. The van der Waals surface area contributed by atoms with Crippen molar-refractivity contribution in [2.45, 2.75) is 39.7 Å². The van der Waals surface area contributed by atoms with Gasteiger partial charge in [-0.1, -0.05) is 0 Å². The highest BCUT2D eigenvalue weighted by Gasteiger charge is 2.28. The minimum absolute atomic E-state index is 0.198. The number of hydroxylamine groups is 2. The largest absolute Gasteiger partial charge is 0.367 e. The van der Waals surface area contributed by atoms with E-state index in [-0.39, 0.29) is 11.3 Å². The molecular formula is C14H21ClN4O2. The molecule has 0 amide bonds. The lowest BCUT2D eigenvalue weighted by molar-refractivity contribution is -0.204. The number of hydrogen-bond acceptors (Lipinski definition) is 6. The molecule has 1 saturated heterocycles. The van der Waals surface area contributed by atoms with Crippen LogP contribution in [0.2, 0.25) is 5.28 Å². The van der Waals surface area contributed by atoms with Crippen LogP contribution < -0.4 is 5.32 Å². The van der Waals surface area contributed by atoms with Gasteiger partial charge in [0.2, 0.25) is 5.28 Å². The first-order valence-corrected chi connectivity index (χ1v) is 7.45. The van der Waals surface area contributed by atoms with E-state index in [1.54, 1.807) is 17.3 Å². The highest BCUT2D eigenvalue weighted by atomic mass is 35.5. The maximum absolute atomic E-state index is 11.8.